The van der Waals surface area contributed by atoms with Crippen LogP contribution in [0.5, 0.6) is 40.2 Å². The van der Waals surface area contributed by atoms with E-state index in [1.54, 1.807) is 0 Å². The van der Waals surface area contributed by atoms with Crippen molar-refractivity contribution in [2.75, 3.05) is 0 Å². The summed E-state index contributed by atoms with van der Waals surface area (Å²) in [4.78, 5) is 0. The maximum absolute atomic E-state index is 12.1. The summed E-state index contributed by atoms with van der Waals surface area (Å²) in [6.45, 7) is 1.53. The van der Waals surface area contributed by atoms with Crippen molar-refractivity contribution in [3.05, 3.63) is 84.4 Å². The second-order valence-corrected chi connectivity index (χ2v) is 10.8. The SMILES string of the molecule is Bc1c(O)c(C)c2c(c1O)c(O)c(-c1c3ccccc3c(-c3ccccc3)c3ccccc13)c1c(O)c(O)c(O)c(O)c12. The highest BCUT2D eigenvalue weighted by Gasteiger charge is 2.31. The van der Waals surface area contributed by atoms with Gasteiger partial charge in [-0.3, -0.25) is 0 Å². The summed E-state index contributed by atoms with van der Waals surface area (Å²) in [5.74, 6) is -4.66. The predicted molar refractivity (Wildman–Crippen MR) is 172 cm³/mol. The van der Waals surface area contributed by atoms with Crippen LogP contribution in [0.15, 0.2) is 78.9 Å². The summed E-state index contributed by atoms with van der Waals surface area (Å²) < 4.78 is 0. The molecule has 43 heavy (non-hydrogen) atoms. The highest BCUT2D eigenvalue weighted by Crippen LogP contribution is 2.60. The highest BCUT2D eigenvalue weighted by molar-refractivity contribution is 6.40. The molecule has 7 rings (SSSR count). The predicted octanol–water partition coefficient (Wildman–Crippen LogP) is 6.14. The van der Waals surface area contributed by atoms with Crippen LogP contribution < -0.4 is 5.46 Å². The van der Waals surface area contributed by atoms with Gasteiger partial charge < -0.3 is 35.7 Å². The van der Waals surface area contributed by atoms with Crippen molar-refractivity contribution in [1.29, 1.82) is 0 Å². The Morgan fingerprint density at radius 2 is 0.860 bits per heavy atom. The molecule has 0 radical (unpaired) electrons. The third-order valence-electron chi connectivity index (χ3n) is 8.54. The van der Waals surface area contributed by atoms with E-state index in [9.17, 15) is 35.7 Å². The molecule has 0 saturated heterocycles. The lowest BCUT2D eigenvalue weighted by molar-refractivity contribution is 0.351. The molecule has 0 unspecified atom stereocenters. The first-order chi connectivity index (χ1) is 20.6. The molecule has 7 aromatic carbocycles. The van der Waals surface area contributed by atoms with E-state index in [-0.39, 0.29) is 43.9 Å². The summed E-state index contributed by atoms with van der Waals surface area (Å²) in [5, 5.41) is 80.9. The highest BCUT2D eigenvalue weighted by atomic mass is 16.3. The van der Waals surface area contributed by atoms with Gasteiger partial charge in [-0.25, -0.2) is 0 Å². The molecule has 0 fully saturated rings. The topological polar surface area (TPSA) is 142 Å². The van der Waals surface area contributed by atoms with Crippen LogP contribution in [0.2, 0.25) is 0 Å². The number of rotatable bonds is 2. The van der Waals surface area contributed by atoms with Gasteiger partial charge in [0.2, 0.25) is 11.5 Å². The molecule has 0 aliphatic carbocycles. The van der Waals surface area contributed by atoms with Crippen molar-refractivity contribution in [3.8, 4) is 62.5 Å². The second-order valence-electron chi connectivity index (χ2n) is 10.8. The molecule has 210 valence electrons. The van der Waals surface area contributed by atoms with E-state index in [1.165, 1.54) is 14.8 Å². The molecule has 0 aliphatic rings. The summed E-state index contributed by atoms with van der Waals surface area (Å²) in [6.07, 6.45) is 0. The molecule has 8 heteroatoms. The molecule has 7 N–H and O–H groups in total. The molecule has 0 spiro atoms. The van der Waals surface area contributed by atoms with Crippen molar-refractivity contribution in [1.82, 2.24) is 0 Å². The monoisotopic (exact) mass is 568 g/mol. The van der Waals surface area contributed by atoms with Gasteiger partial charge in [0.15, 0.2) is 11.5 Å². The van der Waals surface area contributed by atoms with E-state index in [1.807, 2.05) is 78.9 Å². The molecule has 7 aromatic rings. The minimum Gasteiger partial charge on any atom is -0.508 e. The number of phenolic OH excluding ortho intramolecular Hbond substituents is 7. The number of hydrogen-bond acceptors (Lipinski definition) is 7. The summed E-state index contributed by atoms with van der Waals surface area (Å²) in [6, 6.07) is 25.0. The fourth-order valence-electron chi connectivity index (χ4n) is 6.53. The second kappa shape index (κ2) is 9.12. The van der Waals surface area contributed by atoms with Crippen molar-refractivity contribution >= 4 is 56.4 Å². The lowest BCUT2D eigenvalue weighted by Gasteiger charge is -2.23. The first kappa shape index (κ1) is 26.2. The molecular formula is C35H25BO7. The number of aryl methyl sites for hydroxylation is 1. The molecular weight excluding hydrogens is 543 g/mol. The van der Waals surface area contributed by atoms with E-state index in [0.29, 0.717) is 16.3 Å². The zero-order valence-electron chi connectivity index (χ0n) is 23.1. The van der Waals surface area contributed by atoms with Crippen LogP contribution >= 0.6 is 0 Å². The third-order valence-corrected chi connectivity index (χ3v) is 8.54. The normalized spacial score (nSPS) is 11.7. The van der Waals surface area contributed by atoms with Gasteiger partial charge in [-0.05, 0) is 50.6 Å². The van der Waals surface area contributed by atoms with E-state index >= 15 is 0 Å². The van der Waals surface area contributed by atoms with Crippen LogP contribution in [0.3, 0.4) is 0 Å². The lowest BCUT2D eigenvalue weighted by Crippen LogP contribution is -2.07. The van der Waals surface area contributed by atoms with E-state index in [0.717, 1.165) is 21.9 Å². The van der Waals surface area contributed by atoms with Crippen LogP contribution in [0.25, 0.3) is 65.3 Å². The van der Waals surface area contributed by atoms with Gasteiger partial charge >= 0.3 is 0 Å². The summed E-state index contributed by atoms with van der Waals surface area (Å²) in [7, 11) is 1.49. The van der Waals surface area contributed by atoms with Gasteiger partial charge in [0.1, 0.15) is 25.1 Å². The third kappa shape index (κ3) is 3.37. The van der Waals surface area contributed by atoms with Gasteiger partial charge in [0, 0.05) is 27.3 Å². The Bertz CT molecular complexity index is 2270. The zero-order valence-corrected chi connectivity index (χ0v) is 23.1. The Morgan fingerprint density at radius 1 is 0.395 bits per heavy atom. The zero-order chi connectivity index (χ0) is 30.3. The number of fused-ring (bicyclic) bond motifs is 5. The summed E-state index contributed by atoms with van der Waals surface area (Å²) >= 11 is 0. The molecule has 0 amide bonds. The number of aromatic hydroxyl groups is 7. The van der Waals surface area contributed by atoms with Crippen LogP contribution in [0.4, 0.5) is 0 Å². The molecule has 0 aliphatic heterocycles. The fraction of sp³-hybridized carbons (Fsp3) is 0.0286. The Kier molecular flexibility index (Phi) is 5.55. The van der Waals surface area contributed by atoms with Crippen LogP contribution in [0, 0.1) is 6.92 Å². The molecule has 0 bridgehead atoms. The minimum absolute atomic E-state index is 0.00877. The Hall–Kier alpha value is -5.76. The number of hydrogen-bond donors (Lipinski definition) is 7. The quantitative estimate of drug-likeness (QED) is 0.0437. The molecule has 0 saturated carbocycles. The molecule has 0 atom stereocenters. The number of benzene rings is 7. The Labute approximate surface area is 245 Å². The van der Waals surface area contributed by atoms with E-state index in [4.69, 9.17) is 0 Å². The largest absolute Gasteiger partial charge is 0.508 e. The molecule has 0 aromatic heterocycles. The van der Waals surface area contributed by atoms with Crippen LogP contribution in [-0.4, -0.2) is 43.6 Å². The van der Waals surface area contributed by atoms with Crippen LogP contribution in [0.1, 0.15) is 5.56 Å². The average molecular weight is 568 g/mol. The average Bonchev–Trinajstić information content (AvgIpc) is 3.03. The maximum atomic E-state index is 12.1. The van der Waals surface area contributed by atoms with Crippen molar-refractivity contribution in [2.45, 2.75) is 6.92 Å². The Balaban J connectivity index is 1.84. The van der Waals surface area contributed by atoms with Gasteiger partial charge in [-0.2, -0.15) is 0 Å². The first-order valence-corrected chi connectivity index (χ1v) is 13.6. The van der Waals surface area contributed by atoms with Crippen molar-refractivity contribution in [2.24, 2.45) is 0 Å². The van der Waals surface area contributed by atoms with Crippen LogP contribution in [-0.2, 0) is 0 Å². The van der Waals surface area contributed by atoms with Gasteiger partial charge in [-0.1, -0.05) is 78.9 Å². The maximum Gasteiger partial charge on any atom is 0.204 e. The van der Waals surface area contributed by atoms with Gasteiger partial charge in [0.05, 0.1) is 5.39 Å². The number of phenols is 7. The van der Waals surface area contributed by atoms with Gasteiger partial charge in [-0.15, -0.1) is 0 Å². The summed E-state index contributed by atoms with van der Waals surface area (Å²) in [5.41, 5.74) is 2.71. The van der Waals surface area contributed by atoms with E-state index in [2.05, 4.69) is 0 Å². The molecule has 0 heterocycles. The van der Waals surface area contributed by atoms with Crippen molar-refractivity contribution < 1.29 is 35.7 Å². The first-order valence-electron chi connectivity index (χ1n) is 13.6. The van der Waals surface area contributed by atoms with E-state index < -0.39 is 34.5 Å². The smallest absolute Gasteiger partial charge is 0.204 e. The lowest BCUT2D eigenvalue weighted by atomic mass is 9.80. The fourth-order valence-corrected chi connectivity index (χ4v) is 6.53. The minimum atomic E-state index is -0.976. The Morgan fingerprint density at radius 3 is 1.40 bits per heavy atom. The van der Waals surface area contributed by atoms with Crippen molar-refractivity contribution in [3.63, 3.8) is 0 Å². The molecule has 7 nitrogen and oxygen atoms in total. The standard InChI is InChI=1S/C35H25BO7/c1-15-21-24-26(33(41)35(43)34(42)32(24)40)25(30(38)27(21)31(39)28(36)29(15)37)23-19-13-7-5-11-17(19)22(16-9-3-2-4-10-16)18-12-6-8-14-20(18)23/h2-14,37-43H,36H2,1H3. The van der Waals surface area contributed by atoms with Gasteiger partial charge in [0.25, 0.3) is 0 Å².